The number of aromatic nitrogens is 3. The van der Waals surface area contributed by atoms with Crippen LogP contribution in [0.5, 0.6) is 5.75 Å². The average Bonchev–Trinajstić information content (AvgIpc) is 3.00. The van der Waals surface area contributed by atoms with Gasteiger partial charge in [0, 0.05) is 54.5 Å². The van der Waals surface area contributed by atoms with Crippen LogP contribution in [0.4, 0.5) is 10.2 Å². The monoisotopic (exact) mass is 565 g/mol. The van der Waals surface area contributed by atoms with Crippen LogP contribution in [0.1, 0.15) is 42.1 Å². The van der Waals surface area contributed by atoms with E-state index in [1.165, 1.54) is 12.1 Å². The number of ether oxygens (including phenoxy) is 1. The van der Waals surface area contributed by atoms with Crippen LogP contribution in [0.2, 0.25) is 0 Å². The molecule has 0 spiro atoms. The topological polar surface area (TPSA) is 80.6 Å². The molecular formula is C33H32FN5O3. The zero-order valence-electron chi connectivity index (χ0n) is 24.0. The van der Waals surface area contributed by atoms with Crippen molar-refractivity contribution in [3.63, 3.8) is 0 Å². The summed E-state index contributed by atoms with van der Waals surface area (Å²) < 4.78 is 23.5. The number of pyridine rings is 1. The third-order valence-corrected chi connectivity index (χ3v) is 8.08. The molecule has 2 aromatic heterocycles. The maximum atomic E-state index is 15.5. The molecule has 214 valence electrons. The van der Waals surface area contributed by atoms with E-state index in [0.29, 0.717) is 71.0 Å². The zero-order valence-corrected chi connectivity index (χ0v) is 24.0. The first-order valence-electron chi connectivity index (χ1n) is 14.0. The van der Waals surface area contributed by atoms with E-state index in [4.69, 9.17) is 4.74 Å². The molecule has 0 N–H and O–H groups in total. The molecule has 8 nitrogen and oxygen atoms in total. The maximum absolute atomic E-state index is 15.5. The van der Waals surface area contributed by atoms with E-state index >= 15 is 4.39 Å². The van der Waals surface area contributed by atoms with Gasteiger partial charge in [0.1, 0.15) is 23.8 Å². The molecule has 1 amide bonds. The van der Waals surface area contributed by atoms with Crippen molar-refractivity contribution in [1.29, 1.82) is 0 Å². The molecule has 0 radical (unpaired) electrons. The van der Waals surface area contributed by atoms with Crippen molar-refractivity contribution in [2.75, 3.05) is 31.1 Å². The molecular weight excluding hydrogens is 533 g/mol. The summed E-state index contributed by atoms with van der Waals surface area (Å²) in [6.45, 7) is 15.6. The Bertz CT molecular complexity index is 1840. The van der Waals surface area contributed by atoms with Gasteiger partial charge in [-0.05, 0) is 48.2 Å². The average molecular weight is 566 g/mol. The van der Waals surface area contributed by atoms with Crippen LogP contribution in [0.15, 0.2) is 60.6 Å². The second kappa shape index (κ2) is 10.6. The lowest BCUT2D eigenvalue weighted by Gasteiger charge is -2.36. The quantitative estimate of drug-likeness (QED) is 0.302. The number of hydrogen-bond acceptors (Lipinski definition) is 6. The van der Waals surface area contributed by atoms with Crippen molar-refractivity contribution in [3.05, 3.63) is 94.4 Å². The summed E-state index contributed by atoms with van der Waals surface area (Å²) >= 11 is 0. The van der Waals surface area contributed by atoms with Crippen molar-refractivity contribution in [2.24, 2.45) is 0 Å². The number of rotatable bonds is 5. The Balaban J connectivity index is 1.71. The molecule has 6 rings (SSSR count). The molecule has 4 heterocycles. The molecule has 2 aliphatic heterocycles. The fourth-order valence-corrected chi connectivity index (χ4v) is 6.04. The van der Waals surface area contributed by atoms with E-state index in [1.54, 1.807) is 27.8 Å². The standard InChI is InChI=1S/C33H32FN5O3/c1-6-21-17-23-30(31-27(21)26-22(18-42-31)9-8-10-24(26)34)39(29-20(5)11-12-35-28(29)19(3)4)33(41)36-32(23)38-15-13-37(14-16-38)25(40)7-2/h6-12,17,19H,1-2,13-16,18H2,3-5H3. The molecule has 0 saturated carbocycles. The molecule has 2 aliphatic rings. The fourth-order valence-electron chi connectivity index (χ4n) is 6.04. The van der Waals surface area contributed by atoms with Gasteiger partial charge in [-0.2, -0.15) is 4.98 Å². The molecule has 0 bridgehead atoms. The van der Waals surface area contributed by atoms with Crippen molar-refractivity contribution < 1.29 is 13.9 Å². The van der Waals surface area contributed by atoms with Crippen LogP contribution in [-0.2, 0) is 11.4 Å². The maximum Gasteiger partial charge on any atom is 0.354 e. The van der Waals surface area contributed by atoms with Crippen molar-refractivity contribution >= 4 is 28.7 Å². The van der Waals surface area contributed by atoms with Gasteiger partial charge in [-0.25, -0.2) is 9.18 Å². The van der Waals surface area contributed by atoms with Gasteiger partial charge in [0.15, 0.2) is 5.75 Å². The van der Waals surface area contributed by atoms with Crippen LogP contribution >= 0.6 is 0 Å². The van der Waals surface area contributed by atoms with E-state index in [-0.39, 0.29) is 24.2 Å². The normalized spacial score (nSPS) is 14.4. The molecule has 1 saturated heterocycles. The van der Waals surface area contributed by atoms with E-state index in [9.17, 15) is 9.59 Å². The van der Waals surface area contributed by atoms with Crippen LogP contribution in [0, 0.1) is 12.7 Å². The zero-order chi connectivity index (χ0) is 29.7. The van der Waals surface area contributed by atoms with Gasteiger partial charge in [-0.15, -0.1) is 0 Å². The Hall–Kier alpha value is -4.79. The minimum Gasteiger partial charge on any atom is -0.486 e. The number of benzene rings is 2. The van der Waals surface area contributed by atoms with Gasteiger partial charge in [0.25, 0.3) is 0 Å². The minimum absolute atomic E-state index is 0.0133. The molecule has 2 aromatic carbocycles. The Morgan fingerprint density at radius 1 is 1.12 bits per heavy atom. The lowest BCUT2D eigenvalue weighted by Crippen LogP contribution is -2.49. The highest BCUT2D eigenvalue weighted by atomic mass is 19.1. The highest BCUT2D eigenvalue weighted by Crippen LogP contribution is 2.48. The van der Waals surface area contributed by atoms with E-state index in [2.05, 4.69) is 23.1 Å². The van der Waals surface area contributed by atoms with E-state index in [0.717, 1.165) is 16.8 Å². The van der Waals surface area contributed by atoms with Crippen molar-refractivity contribution in [2.45, 2.75) is 33.3 Å². The van der Waals surface area contributed by atoms with Gasteiger partial charge < -0.3 is 14.5 Å². The van der Waals surface area contributed by atoms with Crippen molar-refractivity contribution in [3.8, 4) is 22.6 Å². The van der Waals surface area contributed by atoms with Crippen molar-refractivity contribution in [1.82, 2.24) is 19.4 Å². The number of piperazine rings is 1. The van der Waals surface area contributed by atoms with Crippen LogP contribution < -0.4 is 15.3 Å². The van der Waals surface area contributed by atoms with E-state index < -0.39 is 5.69 Å². The number of fused-ring (bicyclic) bond motifs is 5. The number of amides is 1. The third-order valence-electron chi connectivity index (χ3n) is 8.08. The minimum atomic E-state index is -0.489. The molecule has 42 heavy (non-hydrogen) atoms. The Kier molecular flexibility index (Phi) is 6.88. The third kappa shape index (κ3) is 4.27. The number of anilines is 1. The van der Waals surface area contributed by atoms with Gasteiger partial charge in [0.05, 0.1) is 11.4 Å². The molecule has 9 heteroatoms. The lowest BCUT2D eigenvalue weighted by atomic mass is 9.90. The van der Waals surface area contributed by atoms with Crippen LogP contribution in [0.3, 0.4) is 0 Å². The summed E-state index contributed by atoms with van der Waals surface area (Å²) in [5.41, 5.74) is 4.63. The number of carbonyl (C=O) groups is 1. The second-order valence-corrected chi connectivity index (χ2v) is 10.9. The summed E-state index contributed by atoms with van der Waals surface area (Å²) in [6, 6.07) is 8.72. The highest BCUT2D eigenvalue weighted by Gasteiger charge is 2.32. The summed E-state index contributed by atoms with van der Waals surface area (Å²) in [5.74, 6) is 0.399. The number of aryl methyl sites for hydroxylation is 1. The summed E-state index contributed by atoms with van der Waals surface area (Å²) in [5, 5.41) is 0.671. The van der Waals surface area contributed by atoms with Gasteiger partial charge in [-0.3, -0.25) is 14.3 Å². The molecule has 0 aliphatic carbocycles. The number of carbonyl (C=O) groups excluding carboxylic acids is 1. The Morgan fingerprint density at radius 2 is 1.88 bits per heavy atom. The van der Waals surface area contributed by atoms with Crippen LogP contribution in [0.25, 0.3) is 33.8 Å². The second-order valence-electron chi connectivity index (χ2n) is 10.9. The first-order chi connectivity index (χ1) is 20.2. The Labute approximate surface area is 243 Å². The summed E-state index contributed by atoms with van der Waals surface area (Å²) in [4.78, 5) is 39.4. The lowest BCUT2D eigenvalue weighted by molar-refractivity contribution is -0.126. The predicted octanol–water partition coefficient (Wildman–Crippen LogP) is 5.39. The molecule has 4 aromatic rings. The Morgan fingerprint density at radius 3 is 2.57 bits per heavy atom. The smallest absolute Gasteiger partial charge is 0.354 e. The summed E-state index contributed by atoms with van der Waals surface area (Å²) in [6.07, 6.45) is 4.72. The predicted molar refractivity (Wildman–Crippen MR) is 163 cm³/mol. The largest absolute Gasteiger partial charge is 0.486 e. The van der Waals surface area contributed by atoms with Gasteiger partial charge in [-0.1, -0.05) is 45.2 Å². The fraction of sp³-hybridized carbons (Fsp3) is 0.273. The van der Waals surface area contributed by atoms with Gasteiger partial charge >= 0.3 is 5.69 Å². The number of nitrogens with zero attached hydrogens (tertiary/aromatic N) is 5. The van der Waals surface area contributed by atoms with Crippen LogP contribution in [-0.4, -0.2) is 51.5 Å². The summed E-state index contributed by atoms with van der Waals surface area (Å²) in [7, 11) is 0. The molecule has 1 fully saturated rings. The first kappa shape index (κ1) is 27.4. The first-order valence-corrected chi connectivity index (χ1v) is 14.0. The van der Waals surface area contributed by atoms with E-state index in [1.807, 2.05) is 43.9 Å². The van der Waals surface area contributed by atoms with Gasteiger partial charge in [0.2, 0.25) is 5.91 Å². The highest BCUT2D eigenvalue weighted by molar-refractivity contribution is 6.03. The SMILES string of the molecule is C=CC(=O)N1CCN(c2nc(=O)n(-c3c(C)ccnc3C(C)C)c3c4c(c(C=C)cc23)-c2c(F)cccc2CO4)CC1. The molecule has 0 atom stereocenters. The number of hydrogen-bond donors (Lipinski definition) is 0. The number of halogens is 1. The molecule has 0 unspecified atom stereocenters.